The van der Waals surface area contributed by atoms with Gasteiger partial charge in [0.2, 0.25) is 6.08 Å². The number of nitrogens with zero attached hydrogens (tertiary/aromatic N) is 2. The molecule has 0 saturated carbocycles. The average molecular weight is 405 g/mol. The molecule has 1 N–H and O–H groups in total. The van der Waals surface area contributed by atoms with Crippen LogP contribution in [-0.4, -0.2) is 31.9 Å². The van der Waals surface area contributed by atoms with E-state index in [-0.39, 0.29) is 6.09 Å². The lowest BCUT2D eigenvalue weighted by Gasteiger charge is -2.06. The van der Waals surface area contributed by atoms with Crippen molar-refractivity contribution in [2.24, 2.45) is 4.99 Å². The quantitative estimate of drug-likeness (QED) is 0.180. The molecule has 0 aromatic carbocycles. The van der Waals surface area contributed by atoms with Crippen molar-refractivity contribution < 1.29 is 18.9 Å². The van der Waals surface area contributed by atoms with Gasteiger partial charge in [-0.1, -0.05) is 51.9 Å². The van der Waals surface area contributed by atoms with Gasteiger partial charge in [0.25, 0.3) is 0 Å². The molecule has 29 heavy (non-hydrogen) atoms. The minimum atomic E-state index is -0.365. The Kier molecular flexibility index (Phi) is 15.3. The smallest absolute Gasteiger partial charge is 0.407 e. The summed E-state index contributed by atoms with van der Waals surface area (Å²) in [6.07, 6.45) is 18.1. The fourth-order valence-corrected chi connectivity index (χ4v) is 3.11. The molecule has 1 aromatic rings. The van der Waals surface area contributed by atoms with Crippen LogP contribution in [-0.2, 0) is 22.5 Å². The summed E-state index contributed by atoms with van der Waals surface area (Å²) in [7, 11) is 0. The van der Waals surface area contributed by atoms with Crippen molar-refractivity contribution in [3.05, 3.63) is 30.1 Å². The van der Waals surface area contributed by atoms with Gasteiger partial charge in [0, 0.05) is 18.7 Å². The number of hydrogen-bond acceptors (Lipinski definition) is 4. The van der Waals surface area contributed by atoms with Gasteiger partial charge in [-0.2, -0.15) is 0 Å². The Morgan fingerprint density at radius 2 is 1.72 bits per heavy atom. The second-order valence-corrected chi connectivity index (χ2v) is 7.41. The summed E-state index contributed by atoms with van der Waals surface area (Å²) in [5.74, 6) is 0. The van der Waals surface area contributed by atoms with Crippen LogP contribution < -0.4 is 9.88 Å². The molecule has 0 radical (unpaired) electrons. The lowest BCUT2D eigenvalue weighted by molar-refractivity contribution is -0.697. The van der Waals surface area contributed by atoms with Crippen molar-refractivity contribution in [3.63, 3.8) is 0 Å². The maximum Gasteiger partial charge on any atom is 0.407 e. The number of ether oxygens (including phenoxy) is 1. The van der Waals surface area contributed by atoms with Crippen LogP contribution in [0.15, 0.2) is 29.5 Å². The van der Waals surface area contributed by atoms with Gasteiger partial charge in [-0.05, 0) is 31.2 Å². The number of aromatic nitrogens is 1. The number of amides is 1. The van der Waals surface area contributed by atoms with E-state index in [0.717, 1.165) is 32.1 Å². The molecule has 6 nitrogen and oxygen atoms in total. The van der Waals surface area contributed by atoms with E-state index in [4.69, 9.17) is 4.74 Å². The Labute approximate surface area is 175 Å². The van der Waals surface area contributed by atoms with E-state index < -0.39 is 0 Å². The lowest BCUT2D eigenvalue weighted by atomic mass is 10.1. The Morgan fingerprint density at radius 1 is 1.03 bits per heavy atom. The monoisotopic (exact) mass is 404 g/mol. The molecule has 0 unspecified atom stereocenters. The SMILES string of the molecule is CCCCCCCCc1cc[n+](CCOC(=O)NCCCCCCN=C=O)cc1. The summed E-state index contributed by atoms with van der Waals surface area (Å²) < 4.78 is 7.26. The minimum absolute atomic E-state index is 0.358. The van der Waals surface area contributed by atoms with E-state index >= 15 is 0 Å². The summed E-state index contributed by atoms with van der Waals surface area (Å²) in [6.45, 7) is 4.40. The largest absolute Gasteiger partial charge is 0.443 e. The average Bonchev–Trinajstić information content (AvgIpc) is 2.73. The second kappa shape index (κ2) is 17.9. The number of unbranched alkanes of at least 4 members (excludes halogenated alkanes) is 8. The fraction of sp³-hybridized carbons (Fsp3) is 0.696. The molecular weight excluding hydrogens is 366 g/mol. The number of alkyl carbamates (subject to hydrolysis) is 1. The van der Waals surface area contributed by atoms with Gasteiger partial charge in [-0.15, -0.1) is 0 Å². The van der Waals surface area contributed by atoms with E-state index in [9.17, 15) is 9.59 Å². The van der Waals surface area contributed by atoms with E-state index in [2.05, 4.69) is 41.8 Å². The predicted octanol–water partition coefficient (Wildman–Crippen LogP) is 4.50. The number of pyridine rings is 1. The molecule has 0 aliphatic heterocycles. The molecule has 1 amide bonds. The van der Waals surface area contributed by atoms with Crippen LogP contribution in [0.1, 0.15) is 76.7 Å². The number of hydrogen-bond donors (Lipinski definition) is 1. The van der Waals surface area contributed by atoms with Gasteiger partial charge >= 0.3 is 6.09 Å². The first-order valence-electron chi connectivity index (χ1n) is 11.2. The summed E-state index contributed by atoms with van der Waals surface area (Å²) in [4.78, 5) is 25.1. The maximum absolute atomic E-state index is 11.7. The van der Waals surface area contributed by atoms with Crippen LogP contribution in [0.3, 0.4) is 0 Å². The van der Waals surface area contributed by atoms with Gasteiger partial charge < -0.3 is 10.1 Å². The third-order valence-electron chi connectivity index (χ3n) is 4.89. The molecule has 0 aliphatic rings. The third-order valence-corrected chi connectivity index (χ3v) is 4.89. The molecule has 1 heterocycles. The molecule has 0 aliphatic carbocycles. The molecule has 1 aromatic heterocycles. The summed E-state index contributed by atoms with van der Waals surface area (Å²) in [6, 6.07) is 4.32. The molecule has 1 rings (SSSR count). The molecule has 0 atom stereocenters. The number of nitrogens with one attached hydrogen (secondary N) is 1. The number of isocyanates is 1. The Balaban J connectivity index is 2.03. The Bertz CT molecular complexity index is 584. The first-order valence-corrected chi connectivity index (χ1v) is 11.2. The van der Waals surface area contributed by atoms with Crippen LogP contribution in [0.2, 0.25) is 0 Å². The van der Waals surface area contributed by atoms with Crippen LogP contribution in [0, 0.1) is 0 Å². The molecule has 0 bridgehead atoms. The van der Waals surface area contributed by atoms with Gasteiger partial charge in [-0.25, -0.2) is 19.1 Å². The fourth-order valence-electron chi connectivity index (χ4n) is 3.11. The Hall–Kier alpha value is -2.20. The van der Waals surface area contributed by atoms with Gasteiger partial charge in [0.15, 0.2) is 25.5 Å². The molecule has 162 valence electrons. The number of aryl methyl sites for hydroxylation is 1. The van der Waals surface area contributed by atoms with Gasteiger partial charge in [-0.3, -0.25) is 0 Å². The molecule has 0 fully saturated rings. The topological polar surface area (TPSA) is 71.6 Å². The normalized spacial score (nSPS) is 10.4. The highest BCUT2D eigenvalue weighted by Crippen LogP contribution is 2.08. The standard InChI is InChI=1S/C23H37N3O3/c1-2-3-4-5-6-9-12-22-13-17-26(18-14-22)19-20-29-23(28)25-16-11-8-7-10-15-24-21-27/h13-14,17-18H,2-12,15-16,19-20H2,1H3/p+1. The van der Waals surface area contributed by atoms with Crippen LogP contribution in [0.4, 0.5) is 4.79 Å². The molecule has 0 spiro atoms. The van der Waals surface area contributed by atoms with E-state index in [0.29, 0.717) is 26.2 Å². The lowest BCUT2D eigenvalue weighted by Crippen LogP contribution is -2.37. The number of carbonyl (C=O) groups excluding carboxylic acids is 2. The number of rotatable bonds is 17. The van der Waals surface area contributed by atoms with Crippen molar-refractivity contribution in [1.29, 1.82) is 0 Å². The van der Waals surface area contributed by atoms with Crippen LogP contribution >= 0.6 is 0 Å². The van der Waals surface area contributed by atoms with E-state index in [1.807, 2.05) is 4.57 Å². The van der Waals surface area contributed by atoms with Gasteiger partial charge in [0.05, 0.1) is 6.54 Å². The first kappa shape index (κ1) is 24.8. The van der Waals surface area contributed by atoms with E-state index in [1.165, 1.54) is 50.2 Å². The zero-order chi connectivity index (χ0) is 21.0. The summed E-state index contributed by atoms with van der Waals surface area (Å²) in [5.41, 5.74) is 1.37. The van der Waals surface area contributed by atoms with Crippen LogP contribution in [0.25, 0.3) is 0 Å². The first-order chi connectivity index (χ1) is 14.3. The zero-order valence-corrected chi connectivity index (χ0v) is 18.0. The number of aliphatic imine (C=N–C) groups is 1. The third kappa shape index (κ3) is 14.5. The van der Waals surface area contributed by atoms with E-state index in [1.54, 1.807) is 0 Å². The minimum Gasteiger partial charge on any atom is -0.443 e. The number of carbonyl (C=O) groups is 1. The van der Waals surface area contributed by atoms with Crippen molar-refractivity contribution in [1.82, 2.24) is 5.32 Å². The van der Waals surface area contributed by atoms with Crippen molar-refractivity contribution >= 4 is 12.2 Å². The highest BCUT2D eigenvalue weighted by Gasteiger charge is 2.05. The molecule has 6 heteroatoms. The van der Waals surface area contributed by atoms with Crippen molar-refractivity contribution in [2.45, 2.75) is 84.1 Å². The molecular formula is C23H38N3O3+. The highest BCUT2D eigenvalue weighted by molar-refractivity contribution is 5.66. The summed E-state index contributed by atoms with van der Waals surface area (Å²) in [5, 5.41) is 2.77. The Morgan fingerprint density at radius 3 is 2.48 bits per heavy atom. The second-order valence-electron chi connectivity index (χ2n) is 7.41. The summed E-state index contributed by atoms with van der Waals surface area (Å²) >= 11 is 0. The highest BCUT2D eigenvalue weighted by atomic mass is 16.5. The van der Waals surface area contributed by atoms with Crippen LogP contribution in [0.5, 0.6) is 0 Å². The predicted molar refractivity (Wildman–Crippen MR) is 115 cm³/mol. The maximum atomic E-state index is 11.7. The zero-order valence-electron chi connectivity index (χ0n) is 18.0. The van der Waals surface area contributed by atoms with Gasteiger partial charge in [0.1, 0.15) is 0 Å². The van der Waals surface area contributed by atoms with Crippen molar-refractivity contribution in [3.8, 4) is 0 Å². The van der Waals surface area contributed by atoms with Crippen molar-refractivity contribution in [2.75, 3.05) is 19.7 Å². The molecule has 0 saturated heterocycles.